The van der Waals surface area contributed by atoms with Gasteiger partial charge in [0.1, 0.15) is 5.82 Å². The van der Waals surface area contributed by atoms with Crippen LogP contribution < -0.4 is 23.8 Å². The van der Waals surface area contributed by atoms with Gasteiger partial charge in [-0.3, -0.25) is 4.79 Å². The Morgan fingerprint density at radius 3 is 2.08 bits per heavy atom. The number of hydrogen-bond acceptors (Lipinski definition) is 8. The molecule has 1 aliphatic heterocycles. The van der Waals surface area contributed by atoms with Crippen molar-refractivity contribution in [3.63, 3.8) is 0 Å². The molecule has 37 heavy (non-hydrogen) atoms. The Morgan fingerprint density at radius 2 is 1.54 bits per heavy atom. The lowest BCUT2D eigenvalue weighted by atomic mass is 10.1. The Kier molecular flexibility index (Phi) is 7.90. The van der Waals surface area contributed by atoms with Crippen molar-refractivity contribution < 1.29 is 32.5 Å². The standard InChI is InChI=1S/C26H28F2N4O5/c1-16(37-21-7-5-18(27)15-19(21)28)26(33)32-11-9-31(10-12-32)24-8-6-20(29-30-24)17-13-22(34-2)25(36-4)23(14-17)35-3/h5-8,13-16H,9-12H2,1-4H3. The van der Waals surface area contributed by atoms with Crippen LogP contribution in [0.3, 0.4) is 0 Å². The number of methoxy groups -OCH3 is 3. The zero-order valence-electron chi connectivity index (χ0n) is 21.0. The molecule has 0 N–H and O–H groups in total. The molecule has 1 unspecified atom stereocenters. The minimum absolute atomic E-state index is 0.164. The van der Waals surface area contributed by atoms with E-state index in [0.29, 0.717) is 54.9 Å². The van der Waals surface area contributed by atoms with E-state index in [-0.39, 0.29) is 11.7 Å². The maximum atomic E-state index is 13.9. The second kappa shape index (κ2) is 11.3. The molecule has 9 nitrogen and oxygen atoms in total. The molecule has 196 valence electrons. The molecule has 2 heterocycles. The van der Waals surface area contributed by atoms with Crippen molar-refractivity contribution >= 4 is 11.7 Å². The van der Waals surface area contributed by atoms with Crippen molar-refractivity contribution in [2.75, 3.05) is 52.4 Å². The van der Waals surface area contributed by atoms with Crippen LogP contribution in [-0.2, 0) is 4.79 Å². The largest absolute Gasteiger partial charge is 0.493 e. The monoisotopic (exact) mass is 514 g/mol. The molecule has 1 aliphatic rings. The van der Waals surface area contributed by atoms with Crippen LogP contribution in [0, 0.1) is 11.6 Å². The lowest BCUT2D eigenvalue weighted by Gasteiger charge is -2.36. The molecule has 1 amide bonds. The predicted octanol–water partition coefficient (Wildman–Crippen LogP) is 3.56. The highest BCUT2D eigenvalue weighted by Crippen LogP contribution is 2.40. The number of carbonyl (C=O) groups is 1. The average Bonchev–Trinajstić information content (AvgIpc) is 2.93. The second-order valence-corrected chi connectivity index (χ2v) is 8.34. The van der Waals surface area contributed by atoms with Crippen molar-refractivity contribution in [3.05, 3.63) is 54.1 Å². The van der Waals surface area contributed by atoms with Gasteiger partial charge >= 0.3 is 0 Å². The Labute approximate surface area is 213 Å². The Balaban J connectivity index is 1.38. The van der Waals surface area contributed by atoms with Gasteiger partial charge in [-0.2, -0.15) is 0 Å². The maximum absolute atomic E-state index is 13.9. The third-order valence-electron chi connectivity index (χ3n) is 6.07. The normalized spacial score (nSPS) is 14.2. The molecule has 4 rings (SSSR count). The molecule has 1 fully saturated rings. The van der Waals surface area contributed by atoms with Gasteiger partial charge < -0.3 is 28.7 Å². The maximum Gasteiger partial charge on any atom is 0.263 e. The number of nitrogens with zero attached hydrogens (tertiary/aromatic N) is 4. The van der Waals surface area contributed by atoms with E-state index in [0.717, 1.165) is 17.7 Å². The van der Waals surface area contributed by atoms with Crippen LogP contribution in [0.25, 0.3) is 11.3 Å². The summed E-state index contributed by atoms with van der Waals surface area (Å²) in [6.45, 7) is 3.51. The first-order valence-electron chi connectivity index (χ1n) is 11.6. The van der Waals surface area contributed by atoms with E-state index < -0.39 is 17.7 Å². The highest BCUT2D eigenvalue weighted by atomic mass is 19.1. The number of rotatable bonds is 8. The summed E-state index contributed by atoms with van der Waals surface area (Å²) in [6.07, 6.45) is -0.913. The second-order valence-electron chi connectivity index (χ2n) is 8.34. The zero-order chi connectivity index (χ0) is 26.5. The Bertz CT molecular complexity index is 1230. The molecule has 0 radical (unpaired) electrons. The molecule has 11 heteroatoms. The molecule has 0 spiro atoms. The number of halogens is 2. The van der Waals surface area contributed by atoms with Crippen LogP contribution >= 0.6 is 0 Å². The summed E-state index contributed by atoms with van der Waals surface area (Å²) in [5.74, 6) is 0.218. The van der Waals surface area contributed by atoms with Gasteiger partial charge in [0.25, 0.3) is 5.91 Å². The Morgan fingerprint density at radius 1 is 0.865 bits per heavy atom. The van der Waals surface area contributed by atoms with Crippen molar-refractivity contribution in [2.45, 2.75) is 13.0 Å². The van der Waals surface area contributed by atoms with Gasteiger partial charge in [-0.25, -0.2) is 8.78 Å². The van der Waals surface area contributed by atoms with E-state index >= 15 is 0 Å². The van der Waals surface area contributed by atoms with Crippen molar-refractivity contribution in [2.24, 2.45) is 0 Å². The molecule has 0 aliphatic carbocycles. The highest BCUT2D eigenvalue weighted by Gasteiger charge is 2.27. The average molecular weight is 515 g/mol. The zero-order valence-corrected chi connectivity index (χ0v) is 21.0. The van der Waals surface area contributed by atoms with Gasteiger partial charge in [0.2, 0.25) is 5.75 Å². The first kappa shape index (κ1) is 25.9. The van der Waals surface area contributed by atoms with Gasteiger partial charge in [0, 0.05) is 37.8 Å². The van der Waals surface area contributed by atoms with E-state index in [9.17, 15) is 13.6 Å². The fraction of sp³-hybridized carbons (Fsp3) is 0.346. The number of aromatic nitrogens is 2. The number of amides is 1. The minimum atomic E-state index is -0.913. The summed E-state index contributed by atoms with van der Waals surface area (Å²) >= 11 is 0. The molecule has 3 aromatic rings. The van der Waals surface area contributed by atoms with E-state index in [2.05, 4.69) is 10.2 Å². The van der Waals surface area contributed by atoms with Crippen LogP contribution in [0.5, 0.6) is 23.0 Å². The van der Waals surface area contributed by atoms with E-state index in [4.69, 9.17) is 18.9 Å². The topological polar surface area (TPSA) is 86.3 Å². The fourth-order valence-corrected chi connectivity index (χ4v) is 4.10. The molecule has 1 atom stereocenters. The summed E-state index contributed by atoms with van der Waals surface area (Å²) in [5, 5.41) is 8.74. The highest BCUT2D eigenvalue weighted by molar-refractivity contribution is 5.81. The minimum Gasteiger partial charge on any atom is -0.493 e. The van der Waals surface area contributed by atoms with E-state index in [1.807, 2.05) is 17.0 Å². The summed E-state index contributed by atoms with van der Waals surface area (Å²) in [6, 6.07) is 10.3. The van der Waals surface area contributed by atoms with Gasteiger partial charge in [0.15, 0.2) is 35.0 Å². The number of piperazine rings is 1. The number of ether oxygens (including phenoxy) is 4. The van der Waals surface area contributed by atoms with Crippen LogP contribution in [-0.4, -0.2) is 74.6 Å². The summed E-state index contributed by atoms with van der Waals surface area (Å²) in [7, 11) is 4.64. The van der Waals surface area contributed by atoms with Crippen LogP contribution in [0.2, 0.25) is 0 Å². The third-order valence-corrected chi connectivity index (χ3v) is 6.07. The quantitative estimate of drug-likeness (QED) is 0.451. The lowest BCUT2D eigenvalue weighted by Crippen LogP contribution is -2.52. The van der Waals surface area contributed by atoms with Crippen molar-refractivity contribution in [1.82, 2.24) is 15.1 Å². The summed E-state index contributed by atoms with van der Waals surface area (Å²) in [5.41, 5.74) is 1.39. The van der Waals surface area contributed by atoms with E-state index in [1.54, 1.807) is 45.3 Å². The number of hydrogen-bond donors (Lipinski definition) is 0. The third kappa shape index (κ3) is 5.65. The molecule has 0 bridgehead atoms. The smallest absolute Gasteiger partial charge is 0.263 e. The summed E-state index contributed by atoms with van der Waals surface area (Å²) < 4.78 is 48.6. The number of carbonyl (C=O) groups excluding carboxylic acids is 1. The van der Waals surface area contributed by atoms with Gasteiger partial charge in [-0.1, -0.05) is 0 Å². The van der Waals surface area contributed by atoms with Crippen LogP contribution in [0.1, 0.15) is 6.92 Å². The van der Waals surface area contributed by atoms with E-state index in [1.165, 1.54) is 6.07 Å². The molecule has 0 saturated carbocycles. The van der Waals surface area contributed by atoms with Crippen molar-refractivity contribution in [1.29, 1.82) is 0 Å². The fourth-order valence-electron chi connectivity index (χ4n) is 4.10. The van der Waals surface area contributed by atoms with Crippen molar-refractivity contribution in [3.8, 4) is 34.3 Å². The van der Waals surface area contributed by atoms with Crippen LogP contribution in [0.4, 0.5) is 14.6 Å². The number of benzene rings is 2. The SMILES string of the molecule is COc1cc(-c2ccc(N3CCN(C(=O)C(C)Oc4ccc(F)cc4F)CC3)nn2)cc(OC)c1OC. The first-order valence-corrected chi connectivity index (χ1v) is 11.6. The van der Waals surface area contributed by atoms with Gasteiger partial charge in [0.05, 0.1) is 27.0 Å². The molecule has 2 aromatic carbocycles. The lowest BCUT2D eigenvalue weighted by molar-refractivity contribution is -0.138. The first-order chi connectivity index (χ1) is 17.8. The molecular weight excluding hydrogens is 486 g/mol. The van der Waals surface area contributed by atoms with Gasteiger partial charge in [-0.15, -0.1) is 10.2 Å². The van der Waals surface area contributed by atoms with Crippen LogP contribution in [0.15, 0.2) is 42.5 Å². The Hall–Kier alpha value is -4.15. The predicted molar refractivity (Wildman–Crippen MR) is 132 cm³/mol. The summed E-state index contributed by atoms with van der Waals surface area (Å²) in [4.78, 5) is 16.5. The molecule has 1 saturated heterocycles. The number of anilines is 1. The molecule has 1 aromatic heterocycles. The van der Waals surface area contributed by atoms with Gasteiger partial charge in [-0.05, 0) is 43.3 Å². The molecular formula is C26H28F2N4O5.